The molecule has 0 bridgehead atoms. The first kappa shape index (κ1) is 21.8. The molecule has 5 heteroatoms. The molecule has 164 valence electrons. The van der Waals surface area contributed by atoms with E-state index in [4.69, 9.17) is 0 Å². The maximum Gasteiger partial charge on any atom is 0.295 e. The zero-order valence-electron chi connectivity index (χ0n) is 18.5. The van der Waals surface area contributed by atoms with Gasteiger partial charge >= 0.3 is 0 Å². The normalized spacial score (nSPS) is 18.1. The maximum absolute atomic E-state index is 13.2. The lowest BCUT2D eigenvalue weighted by Gasteiger charge is -2.28. The summed E-state index contributed by atoms with van der Waals surface area (Å²) in [5, 5.41) is 13.2. The van der Waals surface area contributed by atoms with E-state index in [1.807, 2.05) is 66.7 Å². The number of ketones is 1. The molecule has 1 unspecified atom stereocenters. The van der Waals surface area contributed by atoms with E-state index in [9.17, 15) is 14.7 Å². The molecule has 1 fully saturated rings. The van der Waals surface area contributed by atoms with Crippen LogP contribution in [0.3, 0.4) is 0 Å². The van der Waals surface area contributed by atoms with Gasteiger partial charge in [-0.25, -0.2) is 0 Å². The van der Waals surface area contributed by atoms with Crippen LogP contribution in [0.2, 0.25) is 0 Å². The van der Waals surface area contributed by atoms with Crippen molar-refractivity contribution in [2.24, 2.45) is 0 Å². The maximum atomic E-state index is 13.2. The summed E-state index contributed by atoms with van der Waals surface area (Å²) in [7, 11) is 0. The van der Waals surface area contributed by atoms with Crippen molar-refractivity contribution < 1.29 is 14.7 Å². The summed E-state index contributed by atoms with van der Waals surface area (Å²) >= 11 is 0. The third kappa shape index (κ3) is 3.92. The number of amides is 1. The average molecular weight is 429 g/mol. The Labute approximate surface area is 188 Å². The second-order valence-electron chi connectivity index (χ2n) is 7.96. The molecule has 1 atom stereocenters. The van der Waals surface area contributed by atoms with Crippen molar-refractivity contribution in [1.29, 1.82) is 0 Å². The number of likely N-dealkylation sites (tertiary alicyclic amines) is 1. The summed E-state index contributed by atoms with van der Waals surface area (Å²) in [6.07, 6.45) is 0. The molecule has 0 aliphatic carbocycles. The van der Waals surface area contributed by atoms with E-state index in [0.29, 0.717) is 18.7 Å². The monoisotopic (exact) mass is 428 g/mol. The molecular weight excluding hydrogens is 400 g/mol. The van der Waals surface area contributed by atoms with Crippen LogP contribution in [0, 0.1) is 0 Å². The zero-order valence-corrected chi connectivity index (χ0v) is 18.5. The van der Waals surface area contributed by atoms with Gasteiger partial charge in [-0.15, -0.1) is 0 Å². The number of nitrogens with zero attached hydrogens (tertiary/aromatic N) is 2. The second-order valence-corrected chi connectivity index (χ2v) is 7.96. The number of fused-ring (bicyclic) bond motifs is 1. The molecule has 1 aliphatic rings. The molecule has 0 saturated carbocycles. The number of rotatable bonds is 7. The minimum absolute atomic E-state index is 0.126. The van der Waals surface area contributed by atoms with E-state index in [0.717, 1.165) is 29.4 Å². The van der Waals surface area contributed by atoms with Crippen LogP contribution in [-0.2, 0) is 9.59 Å². The van der Waals surface area contributed by atoms with E-state index in [2.05, 4.69) is 18.7 Å². The van der Waals surface area contributed by atoms with Gasteiger partial charge in [0.2, 0.25) is 0 Å². The largest absolute Gasteiger partial charge is 0.507 e. The van der Waals surface area contributed by atoms with Crippen LogP contribution in [0.25, 0.3) is 16.5 Å². The van der Waals surface area contributed by atoms with Crippen LogP contribution >= 0.6 is 0 Å². The summed E-state index contributed by atoms with van der Waals surface area (Å²) < 4.78 is 0. The minimum atomic E-state index is -0.635. The highest BCUT2D eigenvalue weighted by Gasteiger charge is 2.46. The van der Waals surface area contributed by atoms with Crippen molar-refractivity contribution in [3.63, 3.8) is 0 Å². The van der Waals surface area contributed by atoms with Gasteiger partial charge in [0.15, 0.2) is 0 Å². The van der Waals surface area contributed by atoms with Gasteiger partial charge in [-0.3, -0.25) is 9.59 Å². The van der Waals surface area contributed by atoms with E-state index in [1.54, 1.807) is 11.0 Å². The van der Waals surface area contributed by atoms with Gasteiger partial charge in [0.05, 0.1) is 11.6 Å². The molecule has 0 spiro atoms. The topological polar surface area (TPSA) is 60.9 Å². The highest BCUT2D eigenvalue weighted by Crippen LogP contribution is 2.40. The van der Waals surface area contributed by atoms with Crippen LogP contribution in [0.4, 0.5) is 0 Å². The van der Waals surface area contributed by atoms with Crippen LogP contribution in [0.15, 0.2) is 78.4 Å². The van der Waals surface area contributed by atoms with Gasteiger partial charge in [-0.1, -0.05) is 86.6 Å². The highest BCUT2D eigenvalue weighted by atomic mass is 16.3. The van der Waals surface area contributed by atoms with Gasteiger partial charge < -0.3 is 14.9 Å². The SMILES string of the molecule is CCN(CC)CCN1C(=O)C(=O)/C(=C(\O)c2cccc3ccccc23)C1c1ccccc1. The molecular formula is C27H28N2O3. The zero-order chi connectivity index (χ0) is 22.7. The van der Waals surface area contributed by atoms with E-state index in [1.165, 1.54) is 0 Å². The Morgan fingerprint density at radius 1 is 0.906 bits per heavy atom. The number of carbonyl (C=O) groups excluding carboxylic acids is 2. The van der Waals surface area contributed by atoms with Gasteiger partial charge in [-0.05, 0) is 29.4 Å². The Morgan fingerprint density at radius 2 is 1.56 bits per heavy atom. The van der Waals surface area contributed by atoms with Crippen molar-refractivity contribution in [1.82, 2.24) is 9.80 Å². The number of carbonyl (C=O) groups is 2. The molecule has 3 aromatic carbocycles. The number of benzene rings is 3. The molecule has 3 aromatic rings. The summed E-state index contributed by atoms with van der Waals surface area (Å²) in [4.78, 5) is 30.1. The molecule has 0 aromatic heterocycles. The van der Waals surface area contributed by atoms with Gasteiger partial charge in [0.25, 0.3) is 11.7 Å². The summed E-state index contributed by atoms with van der Waals surface area (Å²) in [6.45, 7) is 6.97. The minimum Gasteiger partial charge on any atom is -0.507 e. The molecule has 5 nitrogen and oxygen atoms in total. The first-order valence-corrected chi connectivity index (χ1v) is 11.1. The summed E-state index contributed by atoms with van der Waals surface area (Å²) in [5.41, 5.74) is 1.52. The quantitative estimate of drug-likeness (QED) is 0.339. The van der Waals surface area contributed by atoms with Gasteiger partial charge in [-0.2, -0.15) is 0 Å². The Morgan fingerprint density at radius 3 is 2.28 bits per heavy atom. The molecule has 1 amide bonds. The first-order chi connectivity index (χ1) is 15.6. The number of aliphatic hydroxyl groups excluding tert-OH is 1. The molecule has 0 radical (unpaired) electrons. The third-order valence-corrected chi connectivity index (χ3v) is 6.25. The lowest BCUT2D eigenvalue weighted by molar-refractivity contribution is -0.140. The molecule has 4 rings (SSSR count). The Hall–Kier alpha value is -3.44. The average Bonchev–Trinajstić information content (AvgIpc) is 3.09. The highest BCUT2D eigenvalue weighted by molar-refractivity contribution is 6.46. The summed E-state index contributed by atoms with van der Waals surface area (Å²) in [6, 6.07) is 22.2. The van der Waals surface area contributed by atoms with Crippen molar-refractivity contribution in [2.45, 2.75) is 19.9 Å². The Balaban J connectivity index is 1.85. The fourth-order valence-corrected chi connectivity index (χ4v) is 4.46. The molecule has 1 saturated heterocycles. The van der Waals surface area contributed by atoms with Crippen molar-refractivity contribution in [3.05, 3.63) is 89.5 Å². The number of aliphatic hydroxyl groups is 1. The van der Waals surface area contributed by atoms with E-state index < -0.39 is 17.7 Å². The van der Waals surface area contributed by atoms with Crippen molar-refractivity contribution >= 4 is 28.2 Å². The number of Topliss-reactive ketones (excluding diaryl/α,β-unsaturated/α-hetero) is 1. The molecule has 32 heavy (non-hydrogen) atoms. The number of hydrogen-bond acceptors (Lipinski definition) is 4. The second kappa shape index (κ2) is 9.37. The number of hydrogen-bond donors (Lipinski definition) is 1. The van der Waals surface area contributed by atoms with Gasteiger partial charge in [0, 0.05) is 18.7 Å². The van der Waals surface area contributed by atoms with Crippen LogP contribution in [0.1, 0.15) is 31.0 Å². The van der Waals surface area contributed by atoms with Crippen LogP contribution in [-0.4, -0.2) is 52.8 Å². The predicted octanol–water partition coefficient (Wildman–Crippen LogP) is 4.60. The smallest absolute Gasteiger partial charge is 0.295 e. The molecule has 1 N–H and O–H groups in total. The predicted molar refractivity (Wildman–Crippen MR) is 127 cm³/mol. The standard InChI is InChI=1S/C27H28N2O3/c1-3-28(4-2)17-18-29-24(20-12-6-5-7-13-20)23(26(31)27(29)32)25(30)22-16-10-14-19-11-8-9-15-21(19)22/h5-16,24,30H,3-4,17-18H2,1-2H3/b25-23-. The summed E-state index contributed by atoms with van der Waals surface area (Å²) in [5.74, 6) is -1.32. The lowest BCUT2D eigenvalue weighted by Crippen LogP contribution is -2.38. The fourth-order valence-electron chi connectivity index (χ4n) is 4.46. The lowest BCUT2D eigenvalue weighted by atomic mass is 9.93. The van der Waals surface area contributed by atoms with E-state index in [-0.39, 0.29) is 11.3 Å². The van der Waals surface area contributed by atoms with Crippen LogP contribution in [0.5, 0.6) is 0 Å². The Kier molecular flexibility index (Phi) is 6.37. The third-order valence-electron chi connectivity index (χ3n) is 6.25. The van der Waals surface area contributed by atoms with Crippen molar-refractivity contribution in [2.75, 3.05) is 26.2 Å². The van der Waals surface area contributed by atoms with E-state index >= 15 is 0 Å². The molecule has 1 aliphatic heterocycles. The molecule has 1 heterocycles. The fraction of sp³-hybridized carbons (Fsp3) is 0.259. The van der Waals surface area contributed by atoms with Gasteiger partial charge in [0.1, 0.15) is 5.76 Å². The van der Waals surface area contributed by atoms with Crippen LogP contribution < -0.4 is 0 Å². The first-order valence-electron chi connectivity index (χ1n) is 11.1. The Bertz CT molecular complexity index is 1160. The van der Waals surface area contributed by atoms with Crippen molar-refractivity contribution in [3.8, 4) is 0 Å². The number of likely N-dealkylation sites (N-methyl/N-ethyl adjacent to an activating group) is 1.